The molecule has 0 aromatic carbocycles. The normalized spacial score (nSPS) is 34.9. The maximum absolute atomic E-state index is 12.9. The molecule has 2 fully saturated rings. The number of ether oxygens (including phenoxy) is 1. The molecule has 0 aromatic heterocycles. The highest BCUT2D eigenvalue weighted by atomic mass is 19.1. The van der Waals surface area contributed by atoms with E-state index in [2.05, 4.69) is 5.32 Å². The molecule has 0 spiro atoms. The number of hydrogen-bond acceptors (Lipinski definition) is 2. The molecule has 0 bridgehead atoms. The summed E-state index contributed by atoms with van der Waals surface area (Å²) in [7, 11) is 0. The lowest BCUT2D eigenvalue weighted by atomic mass is 10.00. The molecule has 1 N–H and O–H groups in total. The third kappa shape index (κ3) is 2.92. The van der Waals surface area contributed by atoms with Gasteiger partial charge >= 0.3 is 0 Å². The van der Waals surface area contributed by atoms with Gasteiger partial charge in [-0.2, -0.15) is 0 Å². The van der Waals surface area contributed by atoms with Crippen molar-refractivity contribution in [1.29, 1.82) is 0 Å². The fourth-order valence-corrected chi connectivity index (χ4v) is 2.40. The molecule has 0 radical (unpaired) electrons. The summed E-state index contributed by atoms with van der Waals surface area (Å²) in [4.78, 5) is 0. The van der Waals surface area contributed by atoms with E-state index < -0.39 is 6.17 Å². The smallest absolute Gasteiger partial charge is 0.102 e. The van der Waals surface area contributed by atoms with E-state index in [-0.39, 0.29) is 0 Å². The second-order valence-corrected chi connectivity index (χ2v) is 4.57. The van der Waals surface area contributed by atoms with Gasteiger partial charge in [-0.05, 0) is 44.6 Å². The molecule has 1 saturated heterocycles. The van der Waals surface area contributed by atoms with Crippen LogP contribution in [0.2, 0.25) is 0 Å². The first-order valence-corrected chi connectivity index (χ1v) is 5.80. The van der Waals surface area contributed by atoms with E-state index in [1.807, 2.05) is 0 Å². The van der Waals surface area contributed by atoms with E-state index in [4.69, 9.17) is 4.74 Å². The SMILES string of the molecule is FC1CCC(NCC2CCOCC2)C1. The Morgan fingerprint density at radius 1 is 1.14 bits per heavy atom. The summed E-state index contributed by atoms with van der Waals surface area (Å²) in [5.74, 6) is 0.752. The largest absolute Gasteiger partial charge is 0.381 e. The summed E-state index contributed by atoms with van der Waals surface area (Å²) in [6, 6.07) is 0.438. The van der Waals surface area contributed by atoms with Gasteiger partial charge in [0.15, 0.2) is 0 Å². The maximum Gasteiger partial charge on any atom is 0.102 e. The van der Waals surface area contributed by atoms with Crippen molar-refractivity contribution in [1.82, 2.24) is 5.32 Å². The first kappa shape index (κ1) is 10.4. The summed E-state index contributed by atoms with van der Waals surface area (Å²) in [6.07, 6.45) is 4.28. The number of alkyl halides is 1. The first-order chi connectivity index (χ1) is 6.84. The minimum Gasteiger partial charge on any atom is -0.381 e. The van der Waals surface area contributed by atoms with Crippen molar-refractivity contribution < 1.29 is 9.13 Å². The van der Waals surface area contributed by atoms with Gasteiger partial charge in [-0.15, -0.1) is 0 Å². The number of rotatable bonds is 3. The molecule has 14 heavy (non-hydrogen) atoms. The third-order valence-corrected chi connectivity index (χ3v) is 3.40. The average molecular weight is 201 g/mol. The van der Waals surface area contributed by atoms with Gasteiger partial charge in [-0.3, -0.25) is 0 Å². The van der Waals surface area contributed by atoms with Crippen LogP contribution in [0.3, 0.4) is 0 Å². The molecule has 2 unspecified atom stereocenters. The summed E-state index contributed by atoms with van der Waals surface area (Å²) in [5, 5.41) is 3.49. The summed E-state index contributed by atoms with van der Waals surface area (Å²) in [5.41, 5.74) is 0. The van der Waals surface area contributed by atoms with E-state index in [1.54, 1.807) is 0 Å². The highest BCUT2D eigenvalue weighted by Crippen LogP contribution is 2.22. The van der Waals surface area contributed by atoms with Crippen LogP contribution in [0.1, 0.15) is 32.1 Å². The Morgan fingerprint density at radius 3 is 2.57 bits per heavy atom. The quantitative estimate of drug-likeness (QED) is 0.753. The molecule has 1 heterocycles. The van der Waals surface area contributed by atoms with E-state index in [0.29, 0.717) is 6.04 Å². The average Bonchev–Trinajstić information content (AvgIpc) is 2.63. The van der Waals surface area contributed by atoms with Gasteiger partial charge in [0.25, 0.3) is 0 Å². The summed E-state index contributed by atoms with van der Waals surface area (Å²) >= 11 is 0. The van der Waals surface area contributed by atoms with Crippen LogP contribution in [0.4, 0.5) is 4.39 Å². The molecule has 2 nitrogen and oxygen atoms in total. The Balaban J connectivity index is 1.61. The Kier molecular flexibility index (Phi) is 3.76. The zero-order valence-electron chi connectivity index (χ0n) is 8.68. The van der Waals surface area contributed by atoms with Crippen LogP contribution < -0.4 is 5.32 Å². The summed E-state index contributed by atoms with van der Waals surface area (Å²) in [6.45, 7) is 2.87. The minimum absolute atomic E-state index is 0.438. The third-order valence-electron chi connectivity index (χ3n) is 3.40. The monoisotopic (exact) mass is 201 g/mol. The van der Waals surface area contributed by atoms with Crippen LogP contribution in [0.25, 0.3) is 0 Å². The molecule has 1 saturated carbocycles. The van der Waals surface area contributed by atoms with Crippen molar-refractivity contribution in [2.45, 2.75) is 44.3 Å². The van der Waals surface area contributed by atoms with Crippen molar-refractivity contribution >= 4 is 0 Å². The highest BCUT2D eigenvalue weighted by Gasteiger charge is 2.24. The maximum atomic E-state index is 12.9. The standard InChI is InChI=1S/C11H20FNO/c12-10-1-2-11(7-10)13-8-9-3-5-14-6-4-9/h9-11,13H,1-8H2. The van der Waals surface area contributed by atoms with Crippen LogP contribution >= 0.6 is 0 Å². The fourth-order valence-electron chi connectivity index (χ4n) is 2.40. The number of nitrogens with one attached hydrogen (secondary N) is 1. The molecule has 3 heteroatoms. The molecular formula is C11H20FNO. The van der Waals surface area contributed by atoms with Gasteiger partial charge in [-0.25, -0.2) is 4.39 Å². The first-order valence-electron chi connectivity index (χ1n) is 5.80. The van der Waals surface area contributed by atoms with Gasteiger partial charge in [0, 0.05) is 19.3 Å². The van der Waals surface area contributed by atoms with Crippen LogP contribution in [0, 0.1) is 5.92 Å². The lowest BCUT2D eigenvalue weighted by Gasteiger charge is -2.24. The molecular weight excluding hydrogens is 181 g/mol. The molecule has 2 aliphatic rings. The van der Waals surface area contributed by atoms with Crippen LogP contribution in [-0.4, -0.2) is 32.0 Å². The van der Waals surface area contributed by atoms with Crippen molar-refractivity contribution in [3.63, 3.8) is 0 Å². The van der Waals surface area contributed by atoms with Gasteiger partial charge in [0.2, 0.25) is 0 Å². The Bertz CT molecular complexity index is 166. The minimum atomic E-state index is -0.554. The van der Waals surface area contributed by atoms with Crippen LogP contribution in [0.15, 0.2) is 0 Å². The molecule has 2 atom stereocenters. The van der Waals surface area contributed by atoms with Gasteiger partial charge in [0.1, 0.15) is 6.17 Å². The van der Waals surface area contributed by atoms with Gasteiger partial charge < -0.3 is 10.1 Å². The molecule has 0 aromatic rings. The van der Waals surface area contributed by atoms with Crippen molar-refractivity contribution in [3.05, 3.63) is 0 Å². The molecule has 2 rings (SSSR count). The highest BCUT2D eigenvalue weighted by molar-refractivity contribution is 4.81. The van der Waals surface area contributed by atoms with E-state index in [0.717, 1.165) is 44.9 Å². The molecule has 1 aliphatic carbocycles. The van der Waals surface area contributed by atoms with Crippen molar-refractivity contribution in [3.8, 4) is 0 Å². The zero-order chi connectivity index (χ0) is 9.80. The number of hydrogen-bond donors (Lipinski definition) is 1. The predicted molar refractivity (Wildman–Crippen MR) is 54.1 cm³/mol. The van der Waals surface area contributed by atoms with Gasteiger partial charge in [-0.1, -0.05) is 0 Å². The van der Waals surface area contributed by atoms with Crippen LogP contribution in [-0.2, 0) is 4.74 Å². The topological polar surface area (TPSA) is 21.3 Å². The fraction of sp³-hybridized carbons (Fsp3) is 1.00. The van der Waals surface area contributed by atoms with E-state index in [9.17, 15) is 4.39 Å². The Labute approximate surface area is 85.2 Å². The van der Waals surface area contributed by atoms with Crippen molar-refractivity contribution in [2.24, 2.45) is 5.92 Å². The number of halogens is 1. The lowest BCUT2D eigenvalue weighted by molar-refractivity contribution is 0.0654. The van der Waals surface area contributed by atoms with E-state index in [1.165, 1.54) is 12.8 Å². The summed E-state index contributed by atoms with van der Waals surface area (Å²) < 4.78 is 18.2. The molecule has 82 valence electrons. The molecule has 0 amide bonds. The van der Waals surface area contributed by atoms with Gasteiger partial charge in [0.05, 0.1) is 0 Å². The van der Waals surface area contributed by atoms with Crippen molar-refractivity contribution in [2.75, 3.05) is 19.8 Å². The Morgan fingerprint density at radius 2 is 1.93 bits per heavy atom. The predicted octanol–water partition coefficient (Wildman–Crippen LogP) is 1.89. The van der Waals surface area contributed by atoms with E-state index >= 15 is 0 Å². The molecule has 1 aliphatic heterocycles. The second-order valence-electron chi connectivity index (χ2n) is 4.57. The zero-order valence-corrected chi connectivity index (χ0v) is 8.68. The van der Waals surface area contributed by atoms with Crippen LogP contribution in [0.5, 0.6) is 0 Å². The lowest BCUT2D eigenvalue weighted by Crippen LogP contribution is -2.34. The second kappa shape index (κ2) is 5.08. The Hall–Kier alpha value is -0.150.